The van der Waals surface area contributed by atoms with Gasteiger partial charge in [-0.05, 0) is 61.8 Å². The molecule has 1 aromatic carbocycles. The first-order valence-corrected chi connectivity index (χ1v) is 13.5. The van der Waals surface area contributed by atoms with Gasteiger partial charge < -0.3 is 14.2 Å². The van der Waals surface area contributed by atoms with Gasteiger partial charge in [-0.25, -0.2) is 4.79 Å². The summed E-state index contributed by atoms with van der Waals surface area (Å²) in [5, 5.41) is -4.89. The molecule has 4 saturated carbocycles. The number of rotatable bonds is 10. The maximum atomic E-state index is 14.5. The number of carbonyl (C=O) groups is 2. The van der Waals surface area contributed by atoms with Gasteiger partial charge in [0.2, 0.25) is 0 Å². The van der Waals surface area contributed by atoms with Crippen molar-refractivity contribution in [1.82, 2.24) is 0 Å². The number of hydrogen-bond donors (Lipinski definition) is 1. The third-order valence-electron chi connectivity index (χ3n) is 7.64. The molecule has 0 amide bonds. The Hall–Kier alpha value is -2.32. The molecule has 4 aliphatic carbocycles. The molecule has 0 aromatic heterocycles. The second kappa shape index (κ2) is 10.0. The third-order valence-corrected chi connectivity index (χ3v) is 8.60. The van der Waals surface area contributed by atoms with Crippen LogP contribution in [0.25, 0.3) is 0 Å². The zero-order chi connectivity index (χ0) is 28.0. The van der Waals surface area contributed by atoms with Gasteiger partial charge in [0.1, 0.15) is 6.61 Å². The van der Waals surface area contributed by atoms with Gasteiger partial charge in [0, 0.05) is 0 Å². The summed E-state index contributed by atoms with van der Waals surface area (Å²) in [6, 6.07) is 7.55. The molecule has 0 radical (unpaired) electrons. The highest BCUT2D eigenvalue weighted by atomic mass is 32.2. The molecule has 0 heterocycles. The molecule has 5 rings (SSSR count). The standard InChI is InChI=1S/C24H27F5O8S/c25-22(26,38(32,33)34)6-7-36-23(24(27,28)29,20(31)35-14-15-4-2-1-3-5-15)37-19(30)21-11-16-8-17(12-21)10-18(9-16)13-21/h1-5,16-18H,6-14H2,(H,32,33,34). The summed E-state index contributed by atoms with van der Waals surface area (Å²) in [5.74, 6) is -7.62. The highest BCUT2D eigenvalue weighted by Crippen LogP contribution is 2.61. The second-order valence-corrected chi connectivity index (χ2v) is 12.0. The lowest BCUT2D eigenvalue weighted by atomic mass is 9.49. The number of carbonyl (C=O) groups excluding carboxylic acids is 2. The van der Waals surface area contributed by atoms with E-state index in [0.717, 1.165) is 19.3 Å². The van der Waals surface area contributed by atoms with Crippen LogP contribution in [0, 0.1) is 23.2 Å². The van der Waals surface area contributed by atoms with Crippen LogP contribution in [-0.2, 0) is 40.5 Å². The smallest absolute Gasteiger partial charge is 0.456 e. The van der Waals surface area contributed by atoms with Crippen molar-refractivity contribution < 1.29 is 58.7 Å². The Balaban J connectivity index is 1.62. The number of hydrogen-bond acceptors (Lipinski definition) is 7. The normalized spacial score (nSPS) is 28.5. The Labute approximate surface area is 215 Å². The van der Waals surface area contributed by atoms with E-state index in [0.29, 0.717) is 0 Å². The predicted octanol–water partition coefficient (Wildman–Crippen LogP) is 4.64. The van der Waals surface area contributed by atoms with E-state index in [1.165, 1.54) is 24.3 Å². The SMILES string of the molecule is O=C(OC(OCCC(F)(F)S(=O)(=O)O)(C(=O)OCc1ccccc1)C(F)(F)F)C12CC3CC(CC(C3)C1)C2. The van der Waals surface area contributed by atoms with E-state index < -0.39 is 64.3 Å². The maximum Gasteiger partial charge on any atom is 0.468 e. The lowest BCUT2D eigenvalue weighted by molar-refractivity contribution is -0.360. The summed E-state index contributed by atoms with van der Waals surface area (Å²) in [5.41, 5.74) is -1.01. The summed E-state index contributed by atoms with van der Waals surface area (Å²) >= 11 is 0. The van der Waals surface area contributed by atoms with Crippen molar-refractivity contribution in [3.05, 3.63) is 35.9 Å². The minimum atomic E-state index is -5.99. The molecule has 14 heteroatoms. The third kappa shape index (κ3) is 5.53. The van der Waals surface area contributed by atoms with E-state index in [-0.39, 0.29) is 42.6 Å². The first kappa shape index (κ1) is 28.7. The zero-order valence-corrected chi connectivity index (χ0v) is 20.9. The summed E-state index contributed by atoms with van der Waals surface area (Å²) in [7, 11) is -5.99. The van der Waals surface area contributed by atoms with E-state index >= 15 is 0 Å². The van der Waals surface area contributed by atoms with E-state index in [2.05, 4.69) is 4.74 Å². The first-order valence-electron chi connectivity index (χ1n) is 12.1. The van der Waals surface area contributed by atoms with Gasteiger partial charge in [-0.15, -0.1) is 0 Å². The van der Waals surface area contributed by atoms with Crippen molar-refractivity contribution in [2.24, 2.45) is 23.2 Å². The van der Waals surface area contributed by atoms with Crippen molar-refractivity contribution in [2.45, 2.75) is 68.8 Å². The lowest BCUT2D eigenvalue weighted by Gasteiger charge is -2.55. The van der Waals surface area contributed by atoms with Gasteiger partial charge in [-0.1, -0.05) is 30.3 Å². The van der Waals surface area contributed by atoms with Gasteiger partial charge in [0.15, 0.2) is 0 Å². The molecular weight excluding hydrogens is 543 g/mol. The van der Waals surface area contributed by atoms with Crippen LogP contribution in [0.2, 0.25) is 0 Å². The van der Waals surface area contributed by atoms with Crippen molar-refractivity contribution in [3.63, 3.8) is 0 Å². The number of halogens is 5. The molecule has 1 unspecified atom stereocenters. The molecule has 4 bridgehead atoms. The molecule has 1 N–H and O–H groups in total. The molecule has 0 saturated heterocycles. The Kier molecular flexibility index (Phi) is 7.56. The topological polar surface area (TPSA) is 116 Å². The van der Waals surface area contributed by atoms with Crippen molar-refractivity contribution in [2.75, 3.05) is 6.61 Å². The van der Waals surface area contributed by atoms with Crippen LogP contribution in [0.4, 0.5) is 22.0 Å². The summed E-state index contributed by atoms with van der Waals surface area (Å²) in [6.07, 6.45) is -4.40. The number of benzene rings is 1. The van der Waals surface area contributed by atoms with Crippen LogP contribution in [0.15, 0.2) is 30.3 Å². The molecule has 0 spiro atoms. The molecule has 38 heavy (non-hydrogen) atoms. The van der Waals surface area contributed by atoms with Crippen LogP contribution < -0.4 is 0 Å². The predicted molar refractivity (Wildman–Crippen MR) is 119 cm³/mol. The van der Waals surface area contributed by atoms with Crippen LogP contribution in [0.3, 0.4) is 0 Å². The van der Waals surface area contributed by atoms with Gasteiger partial charge in [0.05, 0.1) is 18.4 Å². The average molecular weight is 571 g/mol. The molecule has 212 valence electrons. The lowest BCUT2D eigenvalue weighted by Crippen LogP contribution is -2.61. The Bertz CT molecular complexity index is 1120. The molecule has 8 nitrogen and oxygen atoms in total. The van der Waals surface area contributed by atoms with Crippen LogP contribution >= 0.6 is 0 Å². The fourth-order valence-corrected chi connectivity index (χ4v) is 6.59. The summed E-state index contributed by atoms with van der Waals surface area (Å²) in [6.45, 7) is -2.40. The average Bonchev–Trinajstić information content (AvgIpc) is 2.80. The van der Waals surface area contributed by atoms with Gasteiger partial charge >= 0.3 is 39.3 Å². The Morgan fingerprint density at radius 1 is 0.947 bits per heavy atom. The minimum absolute atomic E-state index is 0.119. The van der Waals surface area contributed by atoms with Crippen LogP contribution in [0.5, 0.6) is 0 Å². The quantitative estimate of drug-likeness (QED) is 0.187. The monoisotopic (exact) mass is 570 g/mol. The highest BCUT2D eigenvalue weighted by Gasteiger charge is 2.70. The van der Waals surface area contributed by atoms with E-state index in [4.69, 9.17) is 14.0 Å². The first-order chi connectivity index (χ1) is 17.6. The molecule has 0 aliphatic heterocycles. The summed E-state index contributed by atoms with van der Waals surface area (Å²) in [4.78, 5) is 26.3. The molecule has 1 aromatic rings. The Morgan fingerprint density at radius 3 is 1.95 bits per heavy atom. The van der Waals surface area contributed by atoms with E-state index in [1.807, 2.05) is 0 Å². The number of esters is 2. The van der Waals surface area contributed by atoms with Gasteiger partial charge in [-0.3, -0.25) is 9.35 Å². The van der Waals surface area contributed by atoms with Crippen molar-refractivity contribution in [1.29, 1.82) is 0 Å². The van der Waals surface area contributed by atoms with Crippen LogP contribution in [0.1, 0.15) is 50.5 Å². The fraction of sp³-hybridized carbons (Fsp3) is 0.667. The van der Waals surface area contributed by atoms with Gasteiger partial charge in [0.25, 0.3) is 0 Å². The fourth-order valence-electron chi connectivity index (χ4n) is 6.25. The number of ether oxygens (including phenoxy) is 3. The summed E-state index contributed by atoms with van der Waals surface area (Å²) < 4.78 is 115. The largest absolute Gasteiger partial charge is 0.468 e. The van der Waals surface area contributed by atoms with Crippen molar-refractivity contribution >= 4 is 22.1 Å². The minimum Gasteiger partial charge on any atom is -0.456 e. The van der Waals surface area contributed by atoms with Crippen molar-refractivity contribution in [3.8, 4) is 0 Å². The van der Waals surface area contributed by atoms with Crippen LogP contribution in [-0.4, -0.2) is 48.7 Å². The molecular formula is C24H27F5O8S. The second-order valence-electron chi connectivity index (χ2n) is 10.5. The Morgan fingerprint density at radius 2 is 1.47 bits per heavy atom. The van der Waals surface area contributed by atoms with E-state index in [9.17, 15) is 40.0 Å². The molecule has 4 fully saturated rings. The zero-order valence-electron chi connectivity index (χ0n) is 20.1. The highest BCUT2D eigenvalue weighted by molar-refractivity contribution is 7.86. The molecule has 4 aliphatic rings. The maximum absolute atomic E-state index is 14.5. The van der Waals surface area contributed by atoms with Gasteiger partial charge in [-0.2, -0.15) is 30.4 Å². The molecule has 1 atom stereocenters. The van der Waals surface area contributed by atoms with E-state index in [1.54, 1.807) is 6.07 Å². The number of alkyl halides is 5.